The quantitative estimate of drug-likeness (QED) is 0.184. The third kappa shape index (κ3) is 12.4. The summed E-state index contributed by atoms with van der Waals surface area (Å²) in [7, 11) is 8.39. The molecule has 53 heavy (non-hydrogen) atoms. The number of rotatable bonds is 20. The molecule has 12 nitrogen and oxygen atoms in total. The van der Waals surface area contributed by atoms with Gasteiger partial charge in [-0.15, -0.1) is 0 Å². The lowest BCUT2D eigenvalue weighted by atomic mass is 9.89. The molecule has 13 heteroatoms. The van der Waals surface area contributed by atoms with E-state index in [0.29, 0.717) is 12.8 Å². The van der Waals surface area contributed by atoms with E-state index in [0.717, 1.165) is 5.56 Å². The molecule has 10 atom stereocenters. The average molecular weight is 750 g/mol. The van der Waals surface area contributed by atoms with Gasteiger partial charge in [0.1, 0.15) is 11.9 Å². The van der Waals surface area contributed by atoms with Gasteiger partial charge in [0, 0.05) is 33.9 Å². The number of hydrogen-bond donors (Lipinski definition) is 3. The zero-order valence-electron chi connectivity index (χ0n) is 34.4. The summed E-state index contributed by atoms with van der Waals surface area (Å²) >= 11 is 0. The molecule has 1 saturated heterocycles. The van der Waals surface area contributed by atoms with Gasteiger partial charge < -0.3 is 35.0 Å². The van der Waals surface area contributed by atoms with Crippen LogP contribution < -0.4 is 10.6 Å². The normalized spacial score (nSPS) is 20.8. The molecular formula is C40H68FN5O7. The molecule has 0 aliphatic carbocycles. The highest BCUT2D eigenvalue weighted by Gasteiger charge is 2.45. The Morgan fingerprint density at radius 3 is 2.02 bits per heavy atom. The van der Waals surface area contributed by atoms with Crippen LogP contribution in [0.25, 0.3) is 0 Å². The number of halogens is 1. The van der Waals surface area contributed by atoms with Crippen LogP contribution in [0.4, 0.5) is 4.39 Å². The molecule has 1 fully saturated rings. The number of carbonyl (C=O) groups is 4. The van der Waals surface area contributed by atoms with Gasteiger partial charge in [0.05, 0.1) is 48.8 Å². The predicted molar refractivity (Wildman–Crippen MR) is 204 cm³/mol. The monoisotopic (exact) mass is 750 g/mol. The molecular weight excluding hydrogens is 681 g/mol. The zero-order chi connectivity index (χ0) is 40.3. The van der Waals surface area contributed by atoms with Gasteiger partial charge in [-0.25, -0.2) is 4.39 Å². The highest BCUT2D eigenvalue weighted by molar-refractivity contribution is 5.90. The van der Waals surface area contributed by atoms with Crippen molar-refractivity contribution in [2.75, 3.05) is 41.9 Å². The lowest BCUT2D eigenvalue weighted by molar-refractivity contribution is -0.148. The van der Waals surface area contributed by atoms with Gasteiger partial charge in [0.15, 0.2) is 0 Å². The molecule has 0 saturated carbocycles. The van der Waals surface area contributed by atoms with Crippen LogP contribution in [0.2, 0.25) is 0 Å². The van der Waals surface area contributed by atoms with Gasteiger partial charge in [-0.2, -0.15) is 0 Å². The van der Waals surface area contributed by atoms with E-state index in [1.165, 1.54) is 26.4 Å². The van der Waals surface area contributed by atoms with Gasteiger partial charge in [-0.05, 0) is 69.3 Å². The van der Waals surface area contributed by atoms with Crippen LogP contribution in [0.15, 0.2) is 24.3 Å². The molecule has 0 radical (unpaired) electrons. The van der Waals surface area contributed by atoms with Crippen molar-refractivity contribution in [3.05, 3.63) is 35.6 Å². The summed E-state index contributed by atoms with van der Waals surface area (Å²) in [5, 5.41) is 16.8. The molecule has 0 spiro atoms. The highest BCUT2D eigenvalue weighted by Crippen LogP contribution is 2.30. The second-order valence-electron chi connectivity index (χ2n) is 15.9. The number of ether oxygens (including phenoxy) is 2. The number of aliphatic hydroxyl groups is 1. The number of likely N-dealkylation sites (tertiary alicyclic amines) is 1. The first-order valence-corrected chi connectivity index (χ1v) is 19.1. The molecule has 302 valence electrons. The molecule has 0 bridgehead atoms. The minimum absolute atomic E-state index is 0.0294. The Bertz CT molecular complexity index is 1320. The third-order valence-electron chi connectivity index (χ3n) is 10.8. The molecule has 4 amide bonds. The number of carbonyl (C=O) groups excluding carboxylic acids is 4. The van der Waals surface area contributed by atoms with E-state index < -0.39 is 48.4 Å². The summed E-state index contributed by atoms with van der Waals surface area (Å²) in [5.41, 5.74) is 0.884. The van der Waals surface area contributed by atoms with Crippen LogP contribution in [0.5, 0.6) is 0 Å². The Balaban J connectivity index is 2.27. The van der Waals surface area contributed by atoms with Crippen molar-refractivity contribution in [2.24, 2.45) is 23.7 Å². The van der Waals surface area contributed by atoms with Gasteiger partial charge in [0.25, 0.3) is 0 Å². The van der Waals surface area contributed by atoms with Crippen molar-refractivity contribution in [1.82, 2.24) is 25.3 Å². The zero-order valence-corrected chi connectivity index (χ0v) is 34.4. The smallest absolute Gasteiger partial charge is 0.245 e. The van der Waals surface area contributed by atoms with Crippen LogP contribution in [0.3, 0.4) is 0 Å². The Labute approximate surface area is 317 Å². The first kappa shape index (κ1) is 46.0. The molecule has 1 aromatic rings. The molecule has 0 aromatic heterocycles. The minimum atomic E-state index is -0.808. The Hall–Kier alpha value is -3.13. The number of methoxy groups -OCH3 is 2. The maximum atomic E-state index is 14.2. The fourth-order valence-electron chi connectivity index (χ4n) is 7.81. The van der Waals surface area contributed by atoms with Gasteiger partial charge in [0.2, 0.25) is 23.6 Å². The van der Waals surface area contributed by atoms with E-state index >= 15 is 0 Å². The first-order valence-electron chi connectivity index (χ1n) is 19.1. The number of nitrogens with zero attached hydrogens (tertiary/aromatic N) is 3. The Morgan fingerprint density at radius 1 is 0.925 bits per heavy atom. The first-order chi connectivity index (χ1) is 24.8. The van der Waals surface area contributed by atoms with Crippen molar-refractivity contribution >= 4 is 23.6 Å². The fourth-order valence-corrected chi connectivity index (χ4v) is 7.81. The van der Waals surface area contributed by atoms with Crippen LogP contribution in [0.1, 0.15) is 80.2 Å². The molecule has 1 aromatic carbocycles. The van der Waals surface area contributed by atoms with E-state index in [4.69, 9.17) is 9.47 Å². The minimum Gasteiger partial charge on any atom is -0.391 e. The summed E-state index contributed by atoms with van der Waals surface area (Å²) in [6, 6.07) is 3.60. The maximum absolute atomic E-state index is 14.2. The predicted octanol–water partition coefficient (Wildman–Crippen LogP) is 3.49. The van der Waals surface area contributed by atoms with E-state index in [1.807, 2.05) is 67.5 Å². The second-order valence-corrected chi connectivity index (χ2v) is 15.9. The van der Waals surface area contributed by atoms with Gasteiger partial charge in [-0.1, -0.05) is 67.0 Å². The topological polar surface area (TPSA) is 141 Å². The summed E-state index contributed by atoms with van der Waals surface area (Å²) < 4.78 is 25.2. The second kappa shape index (κ2) is 21.1. The number of nitrogens with one attached hydrogen (secondary N) is 2. The standard InChI is InChI=1S/C40H68FN5O7/c1-14-25(6)36(45(11)40(51)34(23(2)3)43-39(50)35(24(4)5)44(9)10)32(52-12)21-33(48)46-22-30(47)20-31(46)37(53-13)27(8)38(49)42-26(7)19-28-15-17-29(41)18-16-28/h15-18,23-27,30-32,34-37,47H,14,19-22H2,1-13H3,(H,42,49)(H,43,50)/t25-,26+,27+,30-,31-,32+,34-,35-,36-,37+/m0/s1. The molecule has 2 rings (SSSR count). The van der Waals surface area contributed by atoms with Crippen LogP contribution >= 0.6 is 0 Å². The number of β-amino-alcohol motifs (C(OH)–C–C–N with tert-alkyl or cyclic N) is 1. The number of aliphatic hydroxyl groups excluding tert-OH is 1. The number of benzene rings is 1. The molecule has 3 N–H and O–H groups in total. The lowest BCUT2D eigenvalue weighted by Gasteiger charge is -2.41. The summed E-state index contributed by atoms with van der Waals surface area (Å²) in [6.07, 6.45) is -0.852. The Morgan fingerprint density at radius 2 is 1.53 bits per heavy atom. The van der Waals surface area contributed by atoms with E-state index in [-0.39, 0.29) is 72.6 Å². The largest absolute Gasteiger partial charge is 0.391 e. The summed E-state index contributed by atoms with van der Waals surface area (Å²) in [6.45, 7) is 15.4. The van der Waals surface area contributed by atoms with Crippen LogP contribution in [0, 0.1) is 29.5 Å². The van der Waals surface area contributed by atoms with Gasteiger partial charge >= 0.3 is 0 Å². The van der Waals surface area contributed by atoms with E-state index in [9.17, 15) is 28.7 Å². The van der Waals surface area contributed by atoms with Crippen molar-refractivity contribution < 1.29 is 38.1 Å². The summed E-state index contributed by atoms with van der Waals surface area (Å²) in [5.74, 6) is -2.26. The average Bonchev–Trinajstić information content (AvgIpc) is 3.47. The van der Waals surface area contributed by atoms with Crippen LogP contribution in [-0.2, 0) is 35.1 Å². The van der Waals surface area contributed by atoms with E-state index in [1.54, 1.807) is 35.9 Å². The highest BCUT2D eigenvalue weighted by atomic mass is 19.1. The third-order valence-corrected chi connectivity index (χ3v) is 10.8. The summed E-state index contributed by atoms with van der Waals surface area (Å²) in [4.78, 5) is 60.3. The van der Waals surface area contributed by atoms with Gasteiger partial charge in [-0.3, -0.25) is 24.1 Å². The van der Waals surface area contributed by atoms with Crippen molar-refractivity contribution in [3.63, 3.8) is 0 Å². The van der Waals surface area contributed by atoms with Crippen molar-refractivity contribution in [2.45, 2.75) is 130 Å². The fraction of sp³-hybridized carbons (Fsp3) is 0.750. The Kier molecular flexibility index (Phi) is 18.3. The molecule has 1 aliphatic heterocycles. The lowest BCUT2D eigenvalue weighted by Crippen LogP contribution is -2.59. The SMILES string of the molecule is CC[C@H](C)[C@@H]([C@@H](CC(=O)N1C[C@@H](O)C[C@H]1[C@H](OC)[C@@H](C)C(=O)N[C@H](C)Cc1ccc(F)cc1)OC)N(C)C(=O)[C@@H](NC(=O)[C@H](C(C)C)N(C)C)C(C)C. The molecule has 1 heterocycles. The number of amides is 4. The molecule has 1 aliphatic rings. The van der Waals surface area contributed by atoms with Crippen molar-refractivity contribution in [1.29, 1.82) is 0 Å². The van der Waals surface area contributed by atoms with E-state index in [2.05, 4.69) is 10.6 Å². The van der Waals surface area contributed by atoms with Crippen LogP contribution in [-0.4, -0.2) is 134 Å². The van der Waals surface area contributed by atoms with Crippen molar-refractivity contribution in [3.8, 4) is 0 Å². The molecule has 0 unspecified atom stereocenters. The number of hydrogen-bond acceptors (Lipinski definition) is 8. The maximum Gasteiger partial charge on any atom is 0.245 e. The number of likely N-dealkylation sites (N-methyl/N-ethyl adjacent to an activating group) is 2.